The smallest absolute Gasteiger partial charge is 0.211 e. The van der Waals surface area contributed by atoms with Gasteiger partial charge in [-0.3, -0.25) is 4.79 Å². The van der Waals surface area contributed by atoms with E-state index in [9.17, 15) is 13.2 Å². The first-order valence-electron chi connectivity index (χ1n) is 12.5. The molecule has 2 unspecified atom stereocenters. The van der Waals surface area contributed by atoms with Crippen LogP contribution in [0, 0.1) is 5.92 Å². The van der Waals surface area contributed by atoms with Crippen LogP contribution in [-0.2, 0) is 10.0 Å². The number of aromatic nitrogens is 3. The summed E-state index contributed by atoms with van der Waals surface area (Å²) in [6.07, 6.45) is 13.0. The maximum atomic E-state index is 12.6. The molecule has 1 aliphatic carbocycles. The number of nitrogens with zero attached hydrogens (tertiary/aromatic N) is 4. The molecule has 0 bridgehead atoms. The highest BCUT2D eigenvalue weighted by molar-refractivity contribution is 7.88. The first-order valence-corrected chi connectivity index (χ1v) is 14.3. The maximum absolute atomic E-state index is 12.6. The van der Waals surface area contributed by atoms with Gasteiger partial charge in [0, 0.05) is 30.5 Å². The minimum atomic E-state index is -3.34. The number of nitrogen functional groups attached to an aromatic ring is 1. The van der Waals surface area contributed by atoms with Crippen LogP contribution in [0.4, 0.5) is 5.82 Å². The average molecular weight is 518 g/mol. The lowest BCUT2D eigenvalue weighted by atomic mass is 9.90. The molecule has 192 valence electrons. The maximum Gasteiger partial charge on any atom is 0.211 e. The van der Waals surface area contributed by atoms with Crippen molar-refractivity contribution in [1.29, 1.82) is 0 Å². The highest BCUT2D eigenvalue weighted by atomic mass is 32.2. The molecule has 2 aromatic heterocycles. The Hall–Kier alpha value is -3.56. The minimum Gasteiger partial charge on any atom is -0.383 e. The van der Waals surface area contributed by atoms with E-state index in [1.165, 1.54) is 33.1 Å². The summed E-state index contributed by atoms with van der Waals surface area (Å²) in [7, 11) is -3.34. The molecule has 0 amide bonds. The molecule has 1 aromatic carbocycles. The summed E-state index contributed by atoms with van der Waals surface area (Å²) >= 11 is 0. The molecule has 5 rings (SSSR count). The van der Waals surface area contributed by atoms with Crippen LogP contribution in [-0.4, -0.2) is 52.4 Å². The van der Waals surface area contributed by atoms with Gasteiger partial charge in [-0.25, -0.2) is 17.7 Å². The first-order chi connectivity index (χ1) is 17.7. The predicted octanol–water partition coefficient (Wildman–Crippen LogP) is 4.33. The molecule has 37 heavy (non-hydrogen) atoms. The number of Topliss-reactive ketones (excluding diaryl/α,β-unsaturated/α-hetero) is 1. The molecule has 1 aliphatic heterocycles. The Labute approximate surface area is 217 Å². The first kappa shape index (κ1) is 25.1. The van der Waals surface area contributed by atoms with Gasteiger partial charge in [-0.15, -0.1) is 0 Å². The summed E-state index contributed by atoms with van der Waals surface area (Å²) in [6, 6.07) is 10.3. The Balaban J connectivity index is 1.63. The number of rotatable bonds is 6. The van der Waals surface area contributed by atoms with Crippen LogP contribution in [0.2, 0.25) is 0 Å². The van der Waals surface area contributed by atoms with Crippen molar-refractivity contribution >= 4 is 38.4 Å². The van der Waals surface area contributed by atoms with Gasteiger partial charge in [0.2, 0.25) is 10.0 Å². The number of hydrogen-bond donors (Lipinski definition) is 1. The van der Waals surface area contributed by atoms with Crippen LogP contribution in [0.15, 0.2) is 60.8 Å². The van der Waals surface area contributed by atoms with E-state index in [1.54, 1.807) is 6.20 Å². The number of anilines is 1. The quantitative estimate of drug-likeness (QED) is 0.488. The standard InChI is InChI=1S/C28H31N5O3S/c1-4-19-10-11-21(12-13-23(19)20-8-6-5-7-9-20)24-16-30-33-27(29)25(18(2)34)26(31-28(24)33)22-14-15-32(17-22)37(3,35)36/h5-13,16,19,22H,4,14-15,17,29H2,1-3H3. The summed E-state index contributed by atoms with van der Waals surface area (Å²) < 4.78 is 27.2. The van der Waals surface area contributed by atoms with Gasteiger partial charge in [-0.1, -0.05) is 61.6 Å². The molecule has 0 radical (unpaired) electrons. The summed E-state index contributed by atoms with van der Waals surface area (Å²) in [5, 5.41) is 4.48. The van der Waals surface area contributed by atoms with Crippen molar-refractivity contribution in [3.05, 3.63) is 83.2 Å². The fraction of sp³-hybridized carbons (Fsp3) is 0.321. The summed E-state index contributed by atoms with van der Waals surface area (Å²) in [4.78, 5) is 17.6. The third-order valence-corrected chi connectivity index (χ3v) is 8.55. The number of sulfonamides is 1. The Morgan fingerprint density at radius 1 is 1.19 bits per heavy atom. The zero-order chi connectivity index (χ0) is 26.3. The molecule has 3 aromatic rings. The second-order valence-corrected chi connectivity index (χ2v) is 11.7. The van der Waals surface area contributed by atoms with Crippen molar-refractivity contribution in [2.24, 2.45) is 5.92 Å². The zero-order valence-corrected chi connectivity index (χ0v) is 22.1. The van der Waals surface area contributed by atoms with Gasteiger partial charge >= 0.3 is 0 Å². The molecule has 0 saturated carbocycles. The lowest BCUT2D eigenvalue weighted by molar-refractivity contribution is 0.101. The van der Waals surface area contributed by atoms with E-state index >= 15 is 0 Å². The summed E-state index contributed by atoms with van der Waals surface area (Å²) in [6.45, 7) is 4.29. The monoisotopic (exact) mass is 517 g/mol. The third kappa shape index (κ3) is 4.65. The highest BCUT2D eigenvalue weighted by Crippen LogP contribution is 2.36. The van der Waals surface area contributed by atoms with Crippen molar-refractivity contribution in [3.63, 3.8) is 0 Å². The van der Waals surface area contributed by atoms with E-state index in [2.05, 4.69) is 48.5 Å². The van der Waals surface area contributed by atoms with Gasteiger partial charge in [-0.2, -0.15) is 9.61 Å². The van der Waals surface area contributed by atoms with E-state index in [4.69, 9.17) is 10.7 Å². The zero-order valence-electron chi connectivity index (χ0n) is 21.3. The van der Waals surface area contributed by atoms with Crippen molar-refractivity contribution in [3.8, 4) is 0 Å². The summed E-state index contributed by atoms with van der Waals surface area (Å²) in [5.74, 6) is 0.0426. The van der Waals surface area contributed by atoms with Gasteiger partial charge in [0.05, 0.1) is 23.7 Å². The minimum absolute atomic E-state index is 0.216. The Bertz CT molecular complexity index is 1570. The fourth-order valence-electron chi connectivity index (χ4n) is 5.30. The Morgan fingerprint density at radius 3 is 2.59 bits per heavy atom. The Kier molecular flexibility index (Phi) is 6.59. The van der Waals surface area contributed by atoms with Crippen molar-refractivity contribution < 1.29 is 13.2 Å². The predicted molar refractivity (Wildman–Crippen MR) is 146 cm³/mol. The normalized spacial score (nSPS) is 20.6. The van der Waals surface area contributed by atoms with Crippen molar-refractivity contribution in [2.75, 3.05) is 25.1 Å². The third-order valence-electron chi connectivity index (χ3n) is 7.28. The van der Waals surface area contributed by atoms with Gasteiger partial charge in [0.15, 0.2) is 11.4 Å². The van der Waals surface area contributed by atoms with Crippen LogP contribution in [0.3, 0.4) is 0 Å². The number of allylic oxidation sites excluding steroid dienone is 6. The fourth-order valence-corrected chi connectivity index (χ4v) is 6.19. The second kappa shape index (κ2) is 9.72. The van der Waals surface area contributed by atoms with Crippen LogP contribution in [0.5, 0.6) is 0 Å². The average Bonchev–Trinajstić information content (AvgIpc) is 3.48. The van der Waals surface area contributed by atoms with Gasteiger partial charge in [0.25, 0.3) is 0 Å². The molecule has 9 heteroatoms. The molecule has 2 aliphatic rings. The number of carbonyl (C=O) groups is 1. The number of fused-ring (bicyclic) bond motifs is 1. The molecular formula is C28H31N5O3S. The van der Waals surface area contributed by atoms with E-state index in [0.29, 0.717) is 29.9 Å². The van der Waals surface area contributed by atoms with Crippen LogP contribution in [0.1, 0.15) is 59.8 Å². The van der Waals surface area contributed by atoms with E-state index in [0.717, 1.165) is 17.6 Å². The largest absolute Gasteiger partial charge is 0.383 e. The van der Waals surface area contributed by atoms with Crippen LogP contribution >= 0.6 is 0 Å². The SMILES string of the molecule is CCC1C=CC(c2cnn3c(N)c(C(C)=O)c(C4CCN(S(C)(=O)=O)C4)nc23)=CC=C1c1ccccc1. The van der Waals surface area contributed by atoms with Gasteiger partial charge in [-0.05, 0) is 36.5 Å². The molecule has 0 spiro atoms. The molecular weight excluding hydrogens is 486 g/mol. The topological polar surface area (TPSA) is 111 Å². The number of hydrogen-bond acceptors (Lipinski definition) is 6. The van der Waals surface area contributed by atoms with Crippen molar-refractivity contribution in [2.45, 2.75) is 32.6 Å². The lowest BCUT2D eigenvalue weighted by Crippen LogP contribution is -2.27. The van der Waals surface area contributed by atoms with Gasteiger partial charge < -0.3 is 5.73 Å². The summed E-state index contributed by atoms with van der Waals surface area (Å²) in [5.41, 5.74) is 12.1. The molecule has 3 heterocycles. The molecule has 8 nitrogen and oxygen atoms in total. The number of nitrogens with two attached hydrogens (primary N) is 1. The second-order valence-electron chi connectivity index (χ2n) is 9.70. The van der Waals surface area contributed by atoms with Gasteiger partial charge in [0.1, 0.15) is 5.82 Å². The van der Waals surface area contributed by atoms with E-state index in [1.807, 2.05) is 18.2 Å². The van der Waals surface area contributed by atoms with Crippen molar-refractivity contribution in [1.82, 2.24) is 18.9 Å². The molecule has 1 fully saturated rings. The molecule has 1 saturated heterocycles. The van der Waals surface area contributed by atoms with Crippen LogP contribution < -0.4 is 5.73 Å². The number of ketones is 1. The number of carbonyl (C=O) groups excluding carboxylic acids is 1. The number of benzene rings is 1. The van der Waals surface area contributed by atoms with E-state index in [-0.39, 0.29) is 30.0 Å². The van der Waals surface area contributed by atoms with E-state index < -0.39 is 10.0 Å². The lowest BCUT2D eigenvalue weighted by Gasteiger charge is -2.17. The molecule has 2 atom stereocenters. The molecule has 2 N–H and O–H groups in total. The highest BCUT2D eigenvalue weighted by Gasteiger charge is 2.34. The van der Waals surface area contributed by atoms with Crippen LogP contribution in [0.25, 0.3) is 16.8 Å². The Morgan fingerprint density at radius 2 is 1.95 bits per heavy atom.